The van der Waals surface area contributed by atoms with E-state index in [1.54, 1.807) is 26.0 Å². The van der Waals surface area contributed by atoms with Crippen molar-refractivity contribution in [3.63, 3.8) is 0 Å². The molecule has 3 aromatic rings. The summed E-state index contributed by atoms with van der Waals surface area (Å²) < 4.78 is 17.8. The zero-order valence-corrected chi connectivity index (χ0v) is 20.0. The van der Waals surface area contributed by atoms with Crippen molar-refractivity contribution in [2.45, 2.75) is 43.7 Å². The van der Waals surface area contributed by atoms with E-state index in [1.165, 1.54) is 24.4 Å². The van der Waals surface area contributed by atoms with Crippen LogP contribution in [0, 0.1) is 17.8 Å². The first-order valence-electron chi connectivity index (χ1n) is 11.2. The van der Waals surface area contributed by atoms with Gasteiger partial charge in [0.05, 0.1) is 12.1 Å². The SMILES string of the molecule is COC(C)(C)C(=O)Nc1ncnn2c([C@]3(C#N)O[C@@H](COC(=O)Cc4ccccc4)[CH][C@H]3O)ccc12. The average Bonchev–Trinajstić information content (AvgIpc) is 3.45. The third-order valence-corrected chi connectivity index (χ3v) is 6.04. The molecular formula is C25H26N5O6. The summed E-state index contributed by atoms with van der Waals surface area (Å²) in [7, 11) is 1.42. The number of esters is 1. The second kappa shape index (κ2) is 10.0. The van der Waals surface area contributed by atoms with Crippen molar-refractivity contribution in [2.24, 2.45) is 0 Å². The van der Waals surface area contributed by atoms with E-state index in [0.717, 1.165) is 5.56 Å². The maximum Gasteiger partial charge on any atom is 0.310 e. The van der Waals surface area contributed by atoms with Crippen molar-refractivity contribution in [2.75, 3.05) is 19.0 Å². The first-order chi connectivity index (χ1) is 17.2. The third-order valence-electron chi connectivity index (χ3n) is 6.04. The fraction of sp³-hybridized carbons (Fsp3) is 0.360. The van der Waals surface area contributed by atoms with Gasteiger partial charge >= 0.3 is 5.97 Å². The zero-order chi connectivity index (χ0) is 25.9. The van der Waals surface area contributed by atoms with Gasteiger partial charge in [0.1, 0.15) is 42.3 Å². The molecule has 2 aromatic heterocycles. The van der Waals surface area contributed by atoms with Gasteiger partial charge in [-0.1, -0.05) is 30.3 Å². The number of aromatic nitrogens is 3. The second-order valence-electron chi connectivity index (χ2n) is 8.78. The average molecular weight is 493 g/mol. The molecule has 11 heteroatoms. The van der Waals surface area contributed by atoms with Crippen LogP contribution in [0.1, 0.15) is 25.1 Å². The summed E-state index contributed by atoms with van der Waals surface area (Å²) in [5, 5.41) is 27.8. The number of carbonyl (C=O) groups is 2. The first-order valence-corrected chi connectivity index (χ1v) is 11.2. The monoisotopic (exact) mass is 492 g/mol. The molecule has 3 heterocycles. The van der Waals surface area contributed by atoms with Gasteiger partial charge in [0.15, 0.2) is 5.82 Å². The van der Waals surface area contributed by atoms with Crippen LogP contribution in [-0.4, -0.2) is 63.1 Å². The normalized spacial score (nSPS) is 21.8. The summed E-state index contributed by atoms with van der Waals surface area (Å²) >= 11 is 0. The lowest BCUT2D eigenvalue weighted by molar-refractivity contribution is -0.148. The highest BCUT2D eigenvalue weighted by atomic mass is 16.6. The van der Waals surface area contributed by atoms with Crippen LogP contribution in [0.25, 0.3) is 5.52 Å². The van der Waals surface area contributed by atoms with Gasteiger partial charge in [-0.25, -0.2) is 9.50 Å². The summed E-state index contributed by atoms with van der Waals surface area (Å²) in [6.07, 6.45) is 0.551. The number of hydrogen-bond donors (Lipinski definition) is 2. The maximum atomic E-state index is 12.6. The minimum Gasteiger partial charge on any atom is -0.463 e. The van der Waals surface area contributed by atoms with Gasteiger partial charge < -0.3 is 24.6 Å². The minimum atomic E-state index is -1.82. The van der Waals surface area contributed by atoms with E-state index in [0.29, 0.717) is 5.52 Å². The Kier molecular flexibility index (Phi) is 7.03. The molecule has 3 atom stereocenters. The smallest absolute Gasteiger partial charge is 0.310 e. The van der Waals surface area contributed by atoms with E-state index in [1.807, 2.05) is 36.4 Å². The number of carbonyl (C=O) groups excluding carboxylic acids is 2. The van der Waals surface area contributed by atoms with E-state index < -0.39 is 35.3 Å². The molecule has 1 amide bonds. The van der Waals surface area contributed by atoms with Gasteiger partial charge in [-0.2, -0.15) is 10.4 Å². The number of hydrogen-bond acceptors (Lipinski definition) is 9. The van der Waals surface area contributed by atoms with Crippen molar-refractivity contribution in [3.05, 3.63) is 66.5 Å². The molecule has 4 rings (SSSR count). The second-order valence-corrected chi connectivity index (χ2v) is 8.78. The molecular weight excluding hydrogens is 466 g/mol. The van der Waals surface area contributed by atoms with Gasteiger partial charge in [-0.3, -0.25) is 9.59 Å². The molecule has 1 aliphatic rings. The lowest BCUT2D eigenvalue weighted by Gasteiger charge is -2.24. The highest BCUT2D eigenvalue weighted by molar-refractivity contribution is 5.98. The van der Waals surface area contributed by atoms with E-state index in [-0.39, 0.29) is 24.5 Å². The van der Waals surface area contributed by atoms with Crippen molar-refractivity contribution in [1.29, 1.82) is 5.26 Å². The van der Waals surface area contributed by atoms with Crippen LogP contribution in [0.3, 0.4) is 0 Å². The molecule has 11 nitrogen and oxygen atoms in total. The van der Waals surface area contributed by atoms with Gasteiger partial charge in [0.2, 0.25) is 5.60 Å². The Morgan fingerprint density at radius 1 is 1.28 bits per heavy atom. The van der Waals surface area contributed by atoms with Crippen molar-refractivity contribution in [3.8, 4) is 6.07 Å². The lowest BCUT2D eigenvalue weighted by atomic mass is 9.94. The van der Waals surface area contributed by atoms with Gasteiger partial charge in [0, 0.05) is 13.5 Å². The Labute approximate surface area is 207 Å². The number of methoxy groups -OCH3 is 1. The molecule has 0 unspecified atom stereocenters. The van der Waals surface area contributed by atoms with E-state index in [2.05, 4.69) is 15.4 Å². The fourth-order valence-electron chi connectivity index (χ4n) is 3.79. The predicted octanol–water partition coefficient (Wildman–Crippen LogP) is 1.56. The predicted molar refractivity (Wildman–Crippen MR) is 126 cm³/mol. The molecule has 1 aliphatic heterocycles. The number of fused-ring (bicyclic) bond motifs is 1. The minimum absolute atomic E-state index is 0.0914. The number of rotatable bonds is 8. The van der Waals surface area contributed by atoms with Crippen LogP contribution in [0.5, 0.6) is 0 Å². The van der Waals surface area contributed by atoms with Crippen molar-refractivity contribution < 1.29 is 28.9 Å². The standard InChI is InChI=1S/C25H26N5O6/c1-24(2,34-3)23(33)29-22-18-9-10-19(30(18)28-15-27-22)25(14-26)20(31)12-17(36-25)13-35-21(32)11-16-7-5-4-6-8-16/h4-10,12,15,17,20,31H,11,13H2,1-3H3,(H,27,28,29,33)/t17-,20-,25+/m1/s1. The molecule has 0 saturated carbocycles. The number of amides is 1. The number of aliphatic hydroxyl groups is 1. The summed E-state index contributed by atoms with van der Waals surface area (Å²) in [6, 6.07) is 14.3. The zero-order valence-electron chi connectivity index (χ0n) is 20.0. The number of aliphatic hydroxyl groups excluding tert-OH is 1. The summed E-state index contributed by atoms with van der Waals surface area (Å²) in [6.45, 7) is 3.05. The van der Waals surface area contributed by atoms with Gasteiger partial charge in [-0.05, 0) is 31.5 Å². The molecule has 187 valence electrons. The molecule has 1 saturated heterocycles. The first kappa shape index (κ1) is 25.2. The topological polar surface area (TPSA) is 148 Å². The van der Waals surface area contributed by atoms with E-state index in [4.69, 9.17) is 14.2 Å². The Bertz CT molecular complexity index is 1300. The largest absolute Gasteiger partial charge is 0.463 e. The molecule has 0 spiro atoms. The molecule has 2 N–H and O–H groups in total. The lowest BCUT2D eigenvalue weighted by Crippen LogP contribution is -2.39. The van der Waals surface area contributed by atoms with Crippen LogP contribution < -0.4 is 5.32 Å². The molecule has 1 aromatic carbocycles. The summed E-state index contributed by atoms with van der Waals surface area (Å²) in [5.41, 5.74) is -1.50. The third kappa shape index (κ3) is 4.79. The van der Waals surface area contributed by atoms with Crippen LogP contribution in [0.2, 0.25) is 0 Å². The van der Waals surface area contributed by atoms with Crippen LogP contribution >= 0.6 is 0 Å². The Balaban J connectivity index is 1.52. The van der Waals surface area contributed by atoms with Crippen LogP contribution in [0.15, 0.2) is 48.8 Å². The molecule has 0 bridgehead atoms. The summed E-state index contributed by atoms with van der Waals surface area (Å²) in [5.74, 6) is -0.684. The Morgan fingerprint density at radius 2 is 2.03 bits per heavy atom. The highest BCUT2D eigenvalue weighted by Gasteiger charge is 2.52. The number of nitrogens with one attached hydrogen (secondary N) is 1. The number of anilines is 1. The Morgan fingerprint density at radius 3 is 2.72 bits per heavy atom. The van der Waals surface area contributed by atoms with Crippen LogP contribution in [0.4, 0.5) is 5.82 Å². The van der Waals surface area contributed by atoms with Crippen molar-refractivity contribution in [1.82, 2.24) is 14.6 Å². The number of benzene rings is 1. The summed E-state index contributed by atoms with van der Waals surface area (Å²) in [4.78, 5) is 28.9. The van der Waals surface area contributed by atoms with E-state index >= 15 is 0 Å². The van der Waals surface area contributed by atoms with Gasteiger partial charge in [0.25, 0.3) is 5.91 Å². The molecule has 0 aliphatic carbocycles. The fourth-order valence-corrected chi connectivity index (χ4v) is 3.79. The van der Waals surface area contributed by atoms with E-state index in [9.17, 15) is 20.0 Å². The number of nitriles is 1. The van der Waals surface area contributed by atoms with Crippen LogP contribution in [-0.2, 0) is 35.8 Å². The van der Waals surface area contributed by atoms with Crippen molar-refractivity contribution >= 4 is 23.2 Å². The number of ether oxygens (including phenoxy) is 3. The highest BCUT2D eigenvalue weighted by Crippen LogP contribution is 2.40. The maximum absolute atomic E-state index is 12.6. The molecule has 1 fully saturated rings. The molecule has 1 radical (unpaired) electrons. The molecule has 36 heavy (non-hydrogen) atoms. The number of nitrogens with zero attached hydrogens (tertiary/aromatic N) is 4. The van der Waals surface area contributed by atoms with Gasteiger partial charge in [-0.15, -0.1) is 0 Å². The Hall–Kier alpha value is -3.85. The quantitative estimate of drug-likeness (QED) is 0.447.